The minimum Gasteiger partial charge on any atom is -0.355 e. The van der Waals surface area contributed by atoms with Crippen molar-refractivity contribution in [3.63, 3.8) is 0 Å². The molecule has 1 heterocycles. The monoisotopic (exact) mass is 218 g/mol. The molecule has 0 fully saturated rings. The van der Waals surface area contributed by atoms with Crippen LogP contribution in [0.25, 0.3) is 11.3 Å². The van der Waals surface area contributed by atoms with Crippen molar-refractivity contribution in [2.75, 3.05) is 7.05 Å². The molecular weight excluding hydrogens is 208 g/mol. The number of hydrogen-bond donors (Lipinski definition) is 1. The van der Waals surface area contributed by atoms with Gasteiger partial charge in [0, 0.05) is 23.6 Å². The lowest BCUT2D eigenvalue weighted by Gasteiger charge is -2.01. The second-order valence-corrected chi connectivity index (χ2v) is 3.75. The molecule has 76 valence electrons. The molecule has 0 spiro atoms. The van der Waals surface area contributed by atoms with Crippen LogP contribution in [0.15, 0.2) is 35.2 Å². The van der Waals surface area contributed by atoms with E-state index in [1.54, 1.807) is 30.0 Å². The molecule has 0 aliphatic heterocycles. The number of hydrogen-bond acceptors (Lipinski definition) is 3. The maximum absolute atomic E-state index is 11.4. The average Bonchev–Trinajstić information content (AvgIpc) is 2.82. The lowest BCUT2D eigenvalue weighted by molar-refractivity contribution is 0.0963. The zero-order valence-corrected chi connectivity index (χ0v) is 9.04. The molecule has 1 aromatic carbocycles. The highest BCUT2D eigenvalue weighted by Gasteiger charge is 2.05. The van der Waals surface area contributed by atoms with Crippen LogP contribution in [0.1, 0.15) is 10.4 Å². The van der Waals surface area contributed by atoms with E-state index in [4.69, 9.17) is 0 Å². The fraction of sp³-hybridized carbons (Fsp3) is 0.0909. The second kappa shape index (κ2) is 4.23. The number of nitrogens with one attached hydrogen (secondary N) is 1. The maximum Gasteiger partial charge on any atom is 0.251 e. The minimum atomic E-state index is -0.0768. The summed E-state index contributed by atoms with van der Waals surface area (Å²) in [5, 5.41) is 4.56. The fourth-order valence-electron chi connectivity index (χ4n) is 1.32. The summed E-state index contributed by atoms with van der Waals surface area (Å²) in [6, 6.07) is 7.43. The predicted molar refractivity (Wildman–Crippen MR) is 60.9 cm³/mol. The Labute approximate surface area is 91.8 Å². The van der Waals surface area contributed by atoms with Gasteiger partial charge in [-0.1, -0.05) is 12.1 Å². The van der Waals surface area contributed by atoms with Crippen molar-refractivity contribution in [3.8, 4) is 11.3 Å². The lowest BCUT2D eigenvalue weighted by atomic mass is 10.1. The van der Waals surface area contributed by atoms with Gasteiger partial charge in [-0.25, -0.2) is 4.98 Å². The molecule has 3 nitrogen and oxygen atoms in total. The Bertz CT molecular complexity index is 465. The first-order valence-corrected chi connectivity index (χ1v) is 5.46. The van der Waals surface area contributed by atoms with Crippen molar-refractivity contribution in [1.29, 1.82) is 0 Å². The summed E-state index contributed by atoms with van der Waals surface area (Å²) in [5.41, 5.74) is 4.31. The number of thiazole rings is 1. The van der Waals surface area contributed by atoms with Gasteiger partial charge in [-0.05, 0) is 12.1 Å². The van der Waals surface area contributed by atoms with Gasteiger partial charge in [0.15, 0.2) is 0 Å². The number of amides is 1. The van der Waals surface area contributed by atoms with Crippen molar-refractivity contribution in [3.05, 3.63) is 40.7 Å². The summed E-state index contributed by atoms with van der Waals surface area (Å²) >= 11 is 1.54. The Hall–Kier alpha value is -1.68. The molecule has 15 heavy (non-hydrogen) atoms. The van der Waals surface area contributed by atoms with E-state index in [1.807, 2.05) is 23.6 Å². The van der Waals surface area contributed by atoms with Gasteiger partial charge in [0.2, 0.25) is 0 Å². The molecule has 0 radical (unpaired) electrons. The normalized spacial score (nSPS) is 9.93. The largest absolute Gasteiger partial charge is 0.355 e. The van der Waals surface area contributed by atoms with Crippen LogP contribution in [0.4, 0.5) is 0 Å². The zero-order valence-electron chi connectivity index (χ0n) is 8.23. The number of carbonyl (C=O) groups excluding carboxylic acids is 1. The molecule has 2 rings (SSSR count). The van der Waals surface area contributed by atoms with Gasteiger partial charge in [-0.2, -0.15) is 0 Å². The summed E-state index contributed by atoms with van der Waals surface area (Å²) < 4.78 is 0. The van der Waals surface area contributed by atoms with Crippen LogP contribution in [0, 0.1) is 0 Å². The van der Waals surface area contributed by atoms with Gasteiger partial charge in [0.1, 0.15) is 0 Å². The molecule has 1 amide bonds. The number of nitrogens with zero attached hydrogens (tertiary/aromatic N) is 1. The van der Waals surface area contributed by atoms with Gasteiger partial charge in [0.05, 0.1) is 11.2 Å². The Balaban J connectivity index is 2.39. The Morgan fingerprint density at radius 3 is 3.00 bits per heavy atom. The van der Waals surface area contributed by atoms with Crippen LogP contribution in [0.3, 0.4) is 0 Å². The van der Waals surface area contributed by atoms with Crippen molar-refractivity contribution in [2.24, 2.45) is 0 Å². The van der Waals surface area contributed by atoms with E-state index in [1.165, 1.54) is 0 Å². The molecule has 2 aromatic rings. The first-order chi connectivity index (χ1) is 7.31. The van der Waals surface area contributed by atoms with E-state index in [9.17, 15) is 4.79 Å². The molecule has 0 saturated heterocycles. The number of aromatic nitrogens is 1. The first kappa shape index (κ1) is 9.86. The third kappa shape index (κ3) is 2.05. The molecule has 0 atom stereocenters. The molecule has 4 heteroatoms. The molecule has 0 aliphatic carbocycles. The fourth-order valence-corrected chi connectivity index (χ4v) is 1.88. The molecular formula is C11H10N2OS. The van der Waals surface area contributed by atoms with E-state index in [0.29, 0.717) is 5.56 Å². The molecule has 0 bridgehead atoms. The van der Waals surface area contributed by atoms with Crippen molar-refractivity contribution in [2.45, 2.75) is 0 Å². The van der Waals surface area contributed by atoms with Crippen LogP contribution in [0.5, 0.6) is 0 Å². The minimum absolute atomic E-state index is 0.0768. The van der Waals surface area contributed by atoms with E-state index >= 15 is 0 Å². The Morgan fingerprint density at radius 1 is 1.47 bits per heavy atom. The van der Waals surface area contributed by atoms with Crippen LogP contribution in [-0.4, -0.2) is 17.9 Å². The van der Waals surface area contributed by atoms with Gasteiger partial charge in [-0.15, -0.1) is 11.3 Å². The van der Waals surface area contributed by atoms with E-state index in [2.05, 4.69) is 10.3 Å². The second-order valence-electron chi connectivity index (χ2n) is 3.03. The molecule has 0 aliphatic rings. The number of rotatable bonds is 2. The standard InChI is InChI=1S/C11H10N2OS/c1-12-11(14)9-4-2-3-8(5-9)10-6-15-7-13-10/h2-7H,1H3,(H,12,14). The summed E-state index contributed by atoms with van der Waals surface area (Å²) in [6.45, 7) is 0. The van der Waals surface area contributed by atoms with Crippen LogP contribution in [-0.2, 0) is 0 Å². The van der Waals surface area contributed by atoms with Gasteiger partial charge in [0.25, 0.3) is 5.91 Å². The highest BCUT2D eigenvalue weighted by Crippen LogP contribution is 2.19. The quantitative estimate of drug-likeness (QED) is 0.839. The van der Waals surface area contributed by atoms with Crippen LogP contribution in [0.2, 0.25) is 0 Å². The summed E-state index contributed by atoms with van der Waals surface area (Å²) in [7, 11) is 1.62. The van der Waals surface area contributed by atoms with Gasteiger partial charge >= 0.3 is 0 Å². The van der Waals surface area contributed by atoms with E-state index < -0.39 is 0 Å². The average molecular weight is 218 g/mol. The molecule has 1 aromatic heterocycles. The third-order valence-electron chi connectivity index (χ3n) is 2.08. The van der Waals surface area contributed by atoms with Crippen molar-refractivity contribution in [1.82, 2.24) is 10.3 Å². The topological polar surface area (TPSA) is 42.0 Å². The number of benzene rings is 1. The predicted octanol–water partition coefficient (Wildman–Crippen LogP) is 2.17. The zero-order chi connectivity index (χ0) is 10.7. The highest BCUT2D eigenvalue weighted by molar-refractivity contribution is 7.07. The summed E-state index contributed by atoms with van der Waals surface area (Å²) in [4.78, 5) is 15.6. The lowest BCUT2D eigenvalue weighted by Crippen LogP contribution is -2.17. The van der Waals surface area contributed by atoms with Crippen LogP contribution < -0.4 is 5.32 Å². The molecule has 1 N–H and O–H groups in total. The number of carbonyl (C=O) groups is 1. The van der Waals surface area contributed by atoms with E-state index in [0.717, 1.165) is 11.3 Å². The molecule has 0 saturated carbocycles. The van der Waals surface area contributed by atoms with Gasteiger partial charge in [-0.3, -0.25) is 4.79 Å². The Kier molecular flexibility index (Phi) is 2.78. The SMILES string of the molecule is CNC(=O)c1cccc(-c2cscn2)c1. The van der Waals surface area contributed by atoms with Gasteiger partial charge < -0.3 is 5.32 Å². The molecule has 0 unspecified atom stereocenters. The first-order valence-electron chi connectivity index (χ1n) is 4.52. The van der Waals surface area contributed by atoms with Crippen molar-refractivity contribution < 1.29 is 4.79 Å². The van der Waals surface area contributed by atoms with E-state index in [-0.39, 0.29) is 5.91 Å². The Morgan fingerprint density at radius 2 is 2.33 bits per heavy atom. The smallest absolute Gasteiger partial charge is 0.251 e. The summed E-state index contributed by atoms with van der Waals surface area (Å²) in [6.07, 6.45) is 0. The van der Waals surface area contributed by atoms with Crippen LogP contribution >= 0.6 is 11.3 Å². The maximum atomic E-state index is 11.4. The summed E-state index contributed by atoms with van der Waals surface area (Å²) in [5.74, 6) is -0.0768. The third-order valence-corrected chi connectivity index (χ3v) is 2.67. The highest BCUT2D eigenvalue weighted by atomic mass is 32.1. The van der Waals surface area contributed by atoms with Crippen molar-refractivity contribution >= 4 is 17.2 Å².